The largest absolute Gasteiger partial charge is 0.462 e. The Bertz CT molecular complexity index is 839. The van der Waals surface area contributed by atoms with Crippen molar-refractivity contribution in [2.24, 2.45) is 40.4 Å². The summed E-state index contributed by atoms with van der Waals surface area (Å²) < 4.78 is 11.9. The van der Waals surface area contributed by atoms with Crippen LogP contribution in [0.4, 0.5) is 0 Å². The second kappa shape index (κ2) is 8.90. The van der Waals surface area contributed by atoms with Gasteiger partial charge in [-0.1, -0.05) is 34.6 Å². The molecule has 0 aliphatic heterocycles. The van der Waals surface area contributed by atoms with Gasteiger partial charge in [0.15, 0.2) is 5.78 Å². The lowest BCUT2D eigenvalue weighted by molar-refractivity contribution is -0.216. The van der Waals surface area contributed by atoms with Gasteiger partial charge in [-0.25, -0.2) is 0 Å². The summed E-state index contributed by atoms with van der Waals surface area (Å²) in [6.07, 6.45) is 6.44. The lowest BCUT2D eigenvalue weighted by Crippen LogP contribution is -2.64. The van der Waals surface area contributed by atoms with Crippen molar-refractivity contribution in [3.05, 3.63) is 0 Å². The second-order valence-electron chi connectivity index (χ2n) is 12.3. The van der Waals surface area contributed by atoms with Crippen LogP contribution in [-0.4, -0.2) is 40.6 Å². The molecule has 34 heavy (non-hydrogen) atoms. The molecule has 192 valence electrons. The predicted octanol–water partition coefficient (Wildman–Crippen LogP) is 4.85. The molecule has 0 heterocycles. The number of aliphatic hydroxyl groups is 1. The first kappa shape index (κ1) is 25.7. The lowest BCUT2D eigenvalue weighted by atomic mass is 9.43. The monoisotopic (exact) mass is 476 g/mol. The zero-order valence-electron chi connectivity index (χ0n) is 21.9. The number of hydrogen-bond acceptors (Lipinski definition) is 6. The van der Waals surface area contributed by atoms with Gasteiger partial charge < -0.3 is 14.6 Å². The van der Waals surface area contributed by atoms with Gasteiger partial charge in [0.25, 0.3) is 0 Å². The summed E-state index contributed by atoms with van der Waals surface area (Å²) in [6, 6.07) is 0. The number of ether oxygens (including phenoxy) is 2. The standard InChI is InChI=1S/C28H44O6/c1-7-23(30)33-19-11-12-26(5)18(14-19)9-10-20-21-13-16(3)28(32,17(4)29)27(21,6)15-22(25(20)26)34-24(31)8-2/h16,18-22,25,32H,7-15H2,1-6H3/t16-,18+,19?,20?,21?,22?,25?,26?,27?,28+/m1/s1. The first-order valence-corrected chi connectivity index (χ1v) is 13.5. The van der Waals surface area contributed by atoms with Crippen LogP contribution < -0.4 is 0 Å². The first-order chi connectivity index (χ1) is 15.9. The van der Waals surface area contributed by atoms with Crippen molar-refractivity contribution in [3.63, 3.8) is 0 Å². The number of ketones is 1. The first-order valence-electron chi connectivity index (χ1n) is 13.5. The molecular weight excluding hydrogens is 432 g/mol. The minimum Gasteiger partial charge on any atom is -0.462 e. The minimum absolute atomic E-state index is 0.0157. The van der Waals surface area contributed by atoms with Crippen LogP contribution in [0.5, 0.6) is 0 Å². The molecule has 0 bridgehead atoms. The third-order valence-electron chi connectivity index (χ3n) is 10.8. The lowest BCUT2D eigenvalue weighted by Gasteiger charge is -2.63. The molecule has 0 aromatic rings. The van der Waals surface area contributed by atoms with Crippen LogP contribution in [0.3, 0.4) is 0 Å². The van der Waals surface area contributed by atoms with Crippen LogP contribution in [0.15, 0.2) is 0 Å². The van der Waals surface area contributed by atoms with E-state index in [1.807, 2.05) is 20.8 Å². The van der Waals surface area contributed by atoms with E-state index in [9.17, 15) is 19.5 Å². The number of carbonyl (C=O) groups is 3. The second-order valence-corrected chi connectivity index (χ2v) is 12.3. The Hall–Kier alpha value is -1.43. The van der Waals surface area contributed by atoms with Crippen LogP contribution in [0.1, 0.15) is 99.3 Å². The number of fused-ring (bicyclic) bond motifs is 5. The van der Waals surface area contributed by atoms with Gasteiger partial charge in [-0.05, 0) is 81.0 Å². The highest BCUT2D eigenvalue weighted by atomic mass is 16.5. The predicted molar refractivity (Wildman–Crippen MR) is 128 cm³/mol. The fourth-order valence-electron chi connectivity index (χ4n) is 9.13. The molecule has 1 N–H and O–H groups in total. The molecule has 0 aromatic carbocycles. The Morgan fingerprint density at radius 1 is 0.971 bits per heavy atom. The van der Waals surface area contributed by atoms with E-state index < -0.39 is 11.0 Å². The Kier molecular flexibility index (Phi) is 6.72. The highest BCUT2D eigenvalue weighted by molar-refractivity contribution is 5.86. The quantitative estimate of drug-likeness (QED) is 0.571. The summed E-state index contributed by atoms with van der Waals surface area (Å²) in [7, 11) is 0. The Labute approximate surface area is 204 Å². The molecule has 4 aliphatic rings. The molecule has 4 aliphatic carbocycles. The van der Waals surface area contributed by atoms with Crippen molar-refractivity contribution in [2.75, 3.05) is 0 Å². The topological polar surface area (TPSA) is 89.9 Å². The van der Waals surface area contributed by atoms with Crippen LogP contribution in [0.25, 0.3) is 0 Å². The Balaban J connectivity index is 1.69. The molecule has 0 saturated heterocycles. The number of hydrogen-bond donors (Lipinski definition) is 1. The molecule has 0 aromatic heterocycles. The van der Waals surface area contributed by atoms with Gasteiger partial charge in [-0.2, -0.15) is 0 Å². The maximum Gasteiger partial charge on any atom is 0.305 e. The number of Topliss-reactive ketones (excluding diaryl/α,β-unsaturated/α-hetero) is 1. The van der Waals surface area contributed by atoms with Gasteiger partial charge >= 0.3 is 11.9 Å². The van der Waals surface area contributed by atoms with E-state index in [4.69, 9.17) is 9.47 Å². The maximum atomic E-state index is 12.8. The van der Waals surface area contributed by atoms with Gasteiger partial charge in [0, 0.05) is 24.2 Å². The van der Waals surface area contributed by atoms with Crippen molar-refractivity contribution in [1.82, 2.24) is 0 Å². The Morgan fingerprint density at radius 3 is 2.24 bits per heavy atom. The summed E-state index contributed by atoms with van der Waals surface area (Å²) in [5.41, 5.74) is -2.00. The van der Waals surface area contributed by atoms with E-state index in [0.29, 0.717) is 31.1 Å². The van der Waals surface area contributed by atoms with Crippen molar-refractivity contribution < 1.29 is 29.0 Å². The van der Waals surface area contributed by atoms with Crippen LogP contribution in [0, 0.1) is 40.4 Å². The van der Waals surface area contributed by atoms with E-state index in [1.54, 1.807) is 0 Å². The normalized spacial score (nSPS) is 47.7. The highest BCUT2D eigenvalue weighted by Crippen LogP contribution is 2.69. The highest BCUT2D eigenvalue weighted by Gasteiger charge is 2.71. The summed E-state index contributed by atoms with van der Waals surface area (Å²) in [6.45, 7) is 11.6. The van der Waals surface area contributed by atoms with E-state index in [1.165, 1.54) is 6.92 Å². The summed E-state index contributed by atoms with van der Waals surface area (Å²) in [4.78, 5) is 37.3. The summed E-state index contributed by atoms with van der Waals surface area (Å²) in [5.74, 6) is 0.525. The SMILES string of the molecule is CCC(=O)OC1CCC2(C)C3C(OC(=O)CC)CC4(C)C(C[C@@H](C)[C@]4(O)C(C)=O)C3CC[C@H]2C1. The third kappa shape index (κ3) is 3.65. The average Bonchev–Trinajstić information content (AvgIpc) is 3.00. The number of carbonyl (C=O) groups excluding carboxylic acids is 3. The van der Waals surface area contributed by atoms with Crippen molar-refractivity contribution in [2.45, 2.75) is 117 Å². The minimum atomic E-state index is -1.39. The zero-order chi connectivity index (χ0) is 25.1. The molecule has 0 radical (unpaired) electrons. The molecule has 4 saturated carbocycles. The van der Waals surface area contributed by atoms with Gasteiger partial charge in [-0.3, -0.25) is 14.4 Å². The molecule has 0 spiro atoms. The average molecular weight is 477 g/mol. The maximum absolute atomic E-state index is 12.8. The molecular formula is C28H44O6. The fourth-order valence-corrected chi connectivity index (χ4v) is 9.13. The smallest absolute Gasteiger partial charge is 0.305 e. The third-order valence-corrected chi connectivity index (χ3v) is 10.8. The van der Waals surface area contributed by atoms with Gasteiger partial charge in [0.1, 0.15) is 17.8 Å². The Morgan fingerprint density at radius 2 is 1.62 bits per heavy atom. The number of esters is 2. The van der Waals surface area contributed by atoms with Crippen LogP contribution in [-0.2, 0) is 23.9 Å². The van der Waals surface area contributed by atoms with Crippen LogP contribution in [0.2, 0.25) is 0 Å². The van der Waals surface area contributed by atoms with Gasteiger partial charge in [-0.15, -0.1) is 0 Å². The van der Waals surface area contributed by atoms with E-state index in [-0.39, 0.29) is 53.1 Å². The molecule has 0 amide bonds. The molecule has 7 unspecified atom stereocenters. The van der Waals surface area contributed by atoms with Crippen LogP contribution >= 0.6 is 0 Å². The van der Waals surface area contributed by atoms with Gasteiger partial charge in [0.2, 0.25) is 0 Å². The molecule has 4 fully saturated rings. The zero-order valence-corrected chi connectivity index (χ0v) is 21.9. The van der Waals surface area contributed by atoms with E-state index in [0.717, 1.165) is 38.5 Å². The summed E-state index contributed by atoms with van der Waals surface area (Å²) in [5, 5.41) is 11.8. The number of rotatable bonds is 5. The van der Waals surface area contributed by atoms with E-state index >= 15 is 0 Å². The molecule has 4 rings (SSSR count). The van der Waals surface area contributed by atoms with Crippen molar-refractivity contribution >= 4 is 17.7 Å². The van der Waals surface area contributed by atoms with Crippen molar-refractivity contribution in [1.29, 1.82) is 0 Å². The summed E-state index contributed by atoms with van der Waals surface area (Å²) >= 11 is 0. The van der Waals surface area contributed by atoms with Crippen molar-refractivity contribution in [3.8, 4) is 0 Å². The molecule has 10 atom stereocenters. The fraction of sp³-hybridized carbons (Fsp3) is 0.893. The van der Waals surface area contributed by atoms with Gasteiger partial charge in [0.05, 0.1) is 0 Å². The van der Waals surface area contributed by atoms with E-state index in [2.05, 4.69) is 13.8 Å². The molecule has 6 heteroatoms. The molecule has 6 nitrogen and oxygen atoms in total.